The van der Waals surface area contributed by atoms with E-state index >= 15 is 0 Å². The molecular weight excluding hydrogens is 230 g/mol. The number of hydrogen-bond acceptors (Lipinski definition) is 1. The Bertz CT molecular complexity index is 586. The highest BCUT2D eigenvalue weighted by Crippen LogP contribution is 2.30. The summed E-state index contributed by atoms with van der Waals surface area (Å²) in [6.45, 7) is 0. The van der Waals surface area contributed by atoms with Gasteiger partial charge in [-0.2, -0.15) is 0 Å². The van der Waals surface area contributed by atoms with Crippen LogP contribution in [0.3, 0.4) is 0 Å². The average Bonchev–Trinajstić information content (AvgIpc) is 2.40. The zero-order chi connectivity index (χ0) is 11.7. The van der Waals surface area contributed by atoms with Crippen molar-refractivity contribution in [1.29, 1.82) is 0 Å². The number of aromatic nitrogens is 1. The van der Waals surface area contributed by atoms with E-state index in [2.05, 4.69) is 6.08 Å². The lowest BCUT2D eigenvalue weighted by Gasteiger charge is -2.13. The van der Waals surface area contributed by atoms with Crippen LogP contribution in [0.15, 0.2) is 36.4 Å². The summed E-state index contributed by atoms with van der Waals surface area (Å²) in [4.78, 5) is 4.71. The number of rotatable bonds is 1. The van der Waals surface area contributed by atoms with E-state index in [4.69, 9.17) is 16.6 Å². The third kappa shape index (κ3) is 2.07. The average molecular weight is 244 g/mol. The Balaban J connectivity index is 2.15. The van der Waals surface area contributed by atoms with Crippen LogP contribution in [-0.2, 0) is 0 Å². The lowest BCUT2D eigenvalue weighted by molar-refractivity contribution is 0.740. The van der Waals surface area contributed by atoms with Crippen LogP contribution in [0.25, 0.3) is 16.5 Å². The van der Waals surface area contributed by atoms with Gasteiger partial charge in [-0.1, -0.05) is 35.9 Å². The molecule has 1 aliphatic rings. The molecule has 0 N–H and O–H groups in total. The van der Waals surface area contributed by atoms with E-state index in [0.29, 0.717) is 0 Å². The van der Waals surface area contributed by atoms with Crippen molar-refractivity contribution in [1.82, 2.24) is 4.98 Å². The fourth-order valence-electron chi connectivity index (χ4n) is 2.37. The van der Waals surface area contributed by atoms with Crippen molar-refractivity contribution < 1.29 is 0 Å². The van der Waals surface area contributed by atoms with E-state index in [1.54, 1.807) is 0 Å². The molecule has 1 aromatic carbocycles. The Morgan fingerprint density at radius 1 is 1.12 bits per heavy atom. The second-order valence-electron chi connectivity index (χ2n) is 4.48. The molecule has 0 fully saturated rings. The topological polar surface area (TPSA) is 12.9 Å². The maximum Gasteiger partial charge on any atom is 0.0724 e. The minimum Gasteiger partial charge on any atom is -0.248 e. The second-order valence-corrected chi connectivity index (χ2v) is 4.89. The van der Waals surface area contributed by atoms with Gasteiger partial charge in [-0.3, -0.25) is 0 Å². The molecule has 0 atom stereocenters. The summed E-state index contributed by atoms with van der Waals surface area (Å²) in [6.07, 6.45) is 7.16. The molecule has 1 aromatic heterocycles. The number of halogens is 1. The van der Waals surface area contributed by atoms with Crippen molar-refractivity contribution in [3.8, 4) is 0 Å². The van der Waals surface area contributed by atoms with Gasteiger partial charge in [-0.25, -0.2) is 4.98 Å². The lowest BCUT2D eigenvalue weighted by atomic mass is 9.96. The summed E-state index contributed by atoms with van der Waals surface area (Å²) in [5.74, 6) is 0. The van der Waals surface area contributed by atoms with E-state index in [1.807, 2.05) is 30.3 Å². The highest BCUT2D eigenvalue weighted by molar-refractivity contribution is 6.35. The zero-order valence-corrected chi connectivity index (χ0v) is 10.4. The van der Waals surface area contributed by atoms with Crippen molar-refractivity contribution in [2.75, 3.05) is 0 Å². The smallest absolute Gasteiger partial charge is 0.0724 e. The van der Waals surface area contributed by atoms with Crippen LogP contribution < -0.4 is 0 Å². The van der Waals surface area contributed by atoms with Crippen LogP contribution in [0, 0.1) is 0 Å². The van der Waals surface area contributed by atoms with Crippen LogP contribution in [0.1, 0.15) is 31.4 Å². The molecule has 0 unspecified atom stereocenters. The van der Waals surface area contributed by atoms with Gasteiger partial charge in [0.25, 0.3) is 0 Å². The van der Waals surface area contributed by atoms with Crippen molar-refractivity contribution in [3.63, 3.8) is 0 Å². The SMILES string of the molecule is Clc1cc(C2=CCCCC2)nc2ccccc12. The first kappa shape index (κ1) is 10.8. The molecule has 0 bridgehead atoms. The van der Waals surface area contributed by atoms with E-state index in [0.717, 1.165) is 28.0 Å². The highest BCUT2D eigenvalue weighted by Gasteiger charge is 2.10. The van der Waals surface area contributed by atoms with Crippen LogP contribution >= 0.6 is 11.6 Å². The van der Waals surface area contributed by atoms with E-state index < -0.39 is 0 Å². The van der Waals surface area contributed by atoms with Gasteiger partial charge >= 0.3 is 0 Å². The summed E-state index contributed by atoms with van der Waals surface area (Å²) in [7, 11) is 0. The van der Waals surface area contributed by atoms with Crippen LogP contribution in [0.2, 0.25) is 5.02 Å². The number of benzene rings is 1. The fraction of sp³-hybridized carbons (Fsp3) is 0.267. The van der Waals surface area contributed by atoms with Crippen molar-refractivity contribution in [3.05, 3.63) is 47.1 Å². The van der Waals surface area contributed by atoms with E-state index in [9.17, 15) is 0 Å². The number of hydrogen-bond donors (Lipinski definition) is 0. The molecule has 3 rings (SSSR count). The summed E-state index contributed by atoms with van der Waals surface area (Å²) in [5, 5.41) is 1.84. The molecule has 17 heavy (non-hydrogen) atoms. The maximum absolute atomic E-state index is 6.31. The largest absolute Gasteiger partial charge is 0.248 e. The molecule has 1 nitrogen and oxygen atoms in total. The molecular formula is C15H14ClN. The minimum atomic E-state index is 0.803. The van der Waals surface area contributed by atoms with E-state index in [1.165, 1.54) is 24.8 Å². The maximum atomic E-state index is 6.31. The third-order valence-corrected chi connectivity index (χ3v) is 3.60. The molecule has 2 heteroatoms. The normalized spacial score (nSPS) is 15.9. The Morgan fingerprint density at radius 3 is 2.82 bits per heavy atom. The van der Waals surface area contributed by atoms with E-state index in [-0.39, 0.29) is 0 Å². The van der Waals surface area contributed by atoms with Gasteiger partial charge in [0, 0.05) is 5.39 Å². The molecule has 2 aromatic rings. The quantitative estimate of drug-likeness (QED) is 0.698. The van der Waals surface area contributed by atoms with Crippen LogP contribution in [0.5, 0.6) is 0 Å². The first-order valence-corrected chi connectivity index (χ1v) is 6.47. The summed E-state index contributed by atoms with van der Waals surface area (Å²) in [6, 6.07) is 10.0. The highest BCUT2D eigenvalue weighted by atomic mass is 35.5. The fourth-order valence-corrected chi connectivity index (χ4v) is 2.63. The molecule has 0 saturated carbocycles. The molecule has 0 aliphatic heterocycles. The monoisotopic (exact) mass is 243 g/mol. The number of allylic oxidation sites excluding steroid dienone is 2. The molecule has 0 amide bonds. The van der Waals surface area contributed by atoms with Gasteiger partial charge in [0.05, 0.1) is 16.2 Å². The van der Waals surface area contributed by atoms with Gasteiger partial charge in [-0.05, 0) is 43.4 Å². The van der Waals surface area contributed by atoms with Gasteiger partial charge in [-0.15, -0.1) is 0 Å². The molecule has 86 valence electrons. The first-order valence-electron chi connectivity index (χ1n) is 6.09. The predicted octanol–water partition coefficient (Wildman–Crippen LogP) is 4.85. The van der Waals surface area contributed by atoms with Crippen molar-refractivity contribution >= 4 is 28.1 Å². The molecule has 1 aliphatic carbocycles. The van der Waals surface area contributed by atoms with Gasteiger partial charge < -0.3 is 0 Å². The summed E-state index contributed by atoms with van der Waals surface area (Å²) in [5.41, 5.74) is 3.39. The van der Waals surface area contributed by atoms with Gasteiger partial charge in [0.1, 0.15) is 0 Å². The number of pyridine rings is 1. The second kappa shape index (κ2) is 4.50. The van der Waals surface area contributed by atoms with Gasteiger partial charge in [0.2, 0.25) is 0 Å². The number of fused-ring (bicyclic) bond motifs is 1. The Hall–Kier alpha value is -1.34. The van der Waals surface area contributed by atoms with Gasteiger partial charge in [0.15, 0.2) is 0 Å². The Labute approximate surface area is 106 Å². The molecule has 0 saturated heterocycles. The molecule has 0 spiro atoms. The van der Waals surface area contributed by atoms with Crippen LogP contribution in [0.4, 0.5) is 0 Å². The molecule has 0 radical (unpaired) electrons. The number of nitrogens with zero attached hydrogens (tertiary/aromatic N) is 1. The molecule has 1 heterocycles. The summed E-state index contributed by atoms with van der Waals surface area (Å²) < 4.78 is 0. The lowest BCUT2D eigenvalue weighted by Crippen LogP contribution is -1.95. The van der Waals surface area contributed by atoms with Crippen molar-refractivity contribution in [2.24, 2.45) is 0 Å². The number of para-hydroxylation sites is 1. The third-order valence-electron chi connectivity index (χ3n) is 3.29. The zero-order valence-electron chi connectivity index (χ0n) is 9.62. The van der Waals surface area contributed by atoms with Crippen molar-refractivity contribution in [2.45, 2.75) is 25.7 Å². The minimum absolute atomic E-state index is 0.803. The Morgan fingerprint density at radius 2 is 2.00 bits per heavy atom. The summed E-state index contributed by atoms with van der Waals surface area (Å²) >= 11 is 6.31. The standard InChI is InChI=1S/C15H14ClN/c16-13-10-15(11-6-2-1-3-7-11)17-14-9-5-4-8-12(13)14/h4-6,8-10H,1-3,7H2. The van der Waals surface area contributed by atoms with Crippen LogP contribution in [-0.4, -0.2) is 4.98 Å². The first-order chi connectivity index (χ1) is 8.34. The Kier molecular flexibility index (Phi) is 2.86. The predicted molar refractivity (Wildman–Crippen MR) is 73.2 cm³/mol.